The van der Waals surface area contributed by atoms with Crippen molar-refractivity contribution >= 4 is 6.09 Å². The average Bonchev–Trinajstić information content (AvgIpc) is 2.69. The maximum Gasteiger partial charge on any atom is 0.431 e. The first-order chi connectivity index (χ1) is 6.83. The summed E-state index contributed by atoms with van der Waals surface area (Å²) >= 11 is 0. The van der Waals surface area contributed by atoms with Gasteiger partial charge >= 0.3 is 6.09 Å². The number of amides is 1. The van der Waals surface area contributed by atoms with Crippen molar-refractivity contribution in [2.45, 2.75) is 12.8 Å². The van der Waals surface area contributed by atoms with Crippen LogP contribution in [0.25, 0.3) is 0 Å². The Hall–Kier alpha value is -1.49. The van der Waals surface area contributed by atoms with E-state index in [4.69, 9.17) is 9.25 Å². The third kappa shape index (κ3) is 3.95. The van der Waals surface area contributed by atoms with Crippen LogP contribution < -0.4 is 5.48 Å². The predicted molar refractivity (Wildman–Crippen MR) is 48.5 cm³/mol. The van der Waals surface area contributed by atoms with Gasteiger partial charge in [0, 0.05) is 6.42 Å². The maximum atomic E-state index is 10.5. The van der Waals surface area contributed by atoms with Crippen LogP contribution >= 0.6 is 0 Å². The average molecular weight is 199 g/mol. The fourth-order valence-corrected chi connectivity index (χ4v) is 0.925. The molecular weight excluding hydrogens is 186 g/mol. The van der Waals surface area contributed by atoms with Crippen LogP contribution in [0.2, 0.25) is 0 Å². The summed E-state index contributed by atoms with van der Waals surface area (Å²) in [4.78, 5) is 15.3. The van der Waals surface area contributed by atoms with Gasteiger partial charge in [-0.3, -0.25) is 4.84 Å². The molecule has 5 heteroatoms. The molecule has 0 aliphatic rings. The molecule has 0 unspecified atom stereocenters. The smallest absolute Gasteiger partial charge is 0.431 e. The van der Waals surface area contributed by atoms with Gasteiger partial charge in [0.05, 0.1) is 20.0 Å². The SMILES string of the molecule is COC(=O)NOCCCc1ccco1. The quantitative estimate of drug-likeness (QED) is 0.576. The van der Waals surface area contributed by atoms with Crippen LogP contribution in [0.4, 0.5) is 4.79 Å². The lowest BCUT2D eigenvalue weighted by Gasteiger charge is -2.02. The van der Waals surface area contributed by atoms with Gasteiger partial charge in [-0.15, -0.1) is 0 Å². The van der Waals surface area contributed by atoms with Crippen LogP contribution in [0.3, 0.4) is 0 Å². The predicted octanol–water partition coefficient (Wildman–Crippen LogP) is 1.50. The van der Waals surface area contributed by atoms with Gasteiger partial charge in [-0.05, 0) is 18.6 Å². The third-order valence-electron chi connectivity index (χ3n) is 1.59. The van der Waals surface area contributed by atoms with Crippen LogP contribution in [-0.2, 0) is 16.0 Å². The molecule has 0 radical (unpaired) electrons. The van der Waals surface area contributed by atoms with Gasteiger partial charge in [-0.25, -0.2) is 4.79 Å². The summed E-state index contributed by atoms with van der Waals surface area (Å²) in [6.45, 7) is 0.426. The van der Waals surface area contributed by atoms with E-state index >= 15 is 0 Å². The Bertz CT molecular complexity index is 258. The molecule has 0 aliphatic carbocycles. The van der Waals surface area contributed by atoms with Crippen LogP contribution in [0.1, 0.15) is 12.2 Å². The first kappa shape index (κ1) is 10.6. The van der Waals surface area contributed by atoms with Crippen LogP contribution in [0.5, 0.6) is 0 Å². The minimum Gasteiger partial charge on any atom is -0.469 e. The number of furan rings is 1. The summed E-state index contributed by atoms with van der Waals surface area (Å²) in [5.74, 6) is 0.909. The van der Waals surface area contributed by atoms with Crippen molar-refractivity contribution in [3.63, 3.8) is 0 Å². The first-order valence-electron chi connectivity index (χ1n) is 4.31. The molecule has 0 aromatic carbocycles. The number of methoxy groups -OCH3 is 1. The third-order valence-corrected chi connectivity index (χ3v) is 1.59. The Morgan fingerprint density at radius 1 is 1.64 bits per heavy atom. The lowest BCUT2D eigenvalue weighted by Crippen LogP contribution is -2.23. The summed E-state index contributed by atoms with van der Waals surface area (Å²) in [5, 5.41) is 0. The molecule has 1 heterocycles. The highest BCUT2D eigenvalue weighted by molar-refractivity contribution is 5.65. The molecule has 0 bridgehead atoms. The fraction of sp³-hybridized carbons (Fsp3) is 0.444. The first-order valence-corrected chi connectivity index (χ1v) is 4.31. The van der Waals surface area contributed by atoms with E-state index in [1.165, 1.54) is 7.11 Å². The van der Waals surface area contributed by atoms with Crippen molar-refractivity contribution in [3.8, 4) is 0 Å². The zero-order valence-electron chi connectivity index (χ0n) is 7.99. The summed E-state index contributed by atoms with van der Waals surface area (Å²) in [7, 11) is 1.28. The van der Waals surface area contributed by atoms with E-state index in [0.717, 1.165) is 18.6 Å². The van der Waals surface area contributed by atoms with Gasteiger partial charge < -0.3 is 9.15 Å². The molecule has 1 amide bonds. The van der Waals surface area contributed by atoms with E-state index in [0.29, 0.717) is 6.61 Å². The van der Waals surface area contributed by atoms with Gasteiger partial charge in [0.1, 0.15) is 5.76 Å². The lowest BCUT2D eigenvalue weighted by atomic mass is 10.3. The topological polar surface area (TPSA) is 60.7 Å². The van der Waals surface area contributed by atoms with E-state index in [-0.39, 0.29) is 0 Å². The summed E-state index contributed by atoms with van der Waals surface area (Å²) in [6.07, 6.45) is 2.60. The number of carbonyl (C=O) groups excluding carboxylic acids is 1. The van der Waals surface area contributed by atoms with E-state index < -0.39 is 6.09 Å². The van der Waals surface area contributed by atoms with Crippen LogP contribution in [0, 0.1) is 0 Å². The van der Waals surface area contributed by atoms with Gasteiger partial charge in [-0.1, -0.05) is 0 Å². The van der Waals surface area contributed by atoms with Crippen molar-refractivity contribution in [2.75, 3.05) is 13.7 Å². The normalized spacial score (nSPS) is 9.79. The molecule has 1 aromatic rings. The highest BCUT2D eigenvalue weighted by atomic mass is 16.7. The van der Waals surface area contributed by atoms with Crippen LogP contribution in [-0.4, -0.2) is 19.8 Å². The molecule has 0 saturated carbocycles. The number of carbonyl (C=O) groups is 1. The molecule has 14 heavy (non-hydrogen) atoms. The second kappa shape index (κ2) is 6.04. The summed E-state index contributed by atoms with van der Waals surface area (Å²) in [5.41, 5.74) is 2.12. The lowest BCUT2D eigenvalue weighted by molar-refractivity contribution is 0.0338. The Morgan fingerprint density at radius 3 is 3.14 bits per heavy atom. The number of hydrogen-bond acceptors (Lipinski definition) is 4. The Labute approximate surface area is 81.9 Å². The van der Waals surface area contributed by atoms with Crippen LogP contribution in [0.15, 0.2) is 22.8 Å². The van der Waals surface area contributed by atoms with E-state index in [9.17, 15) is 4.79 Å². The minimum absolute atomic E-state index is 0.426. The fourth-order valence-electron chi connectivity index (χ4n) is 0.925. The number of nitrogens with one attached hydrogen (secondary N) is 1. The number of rotatable bonds is 5. The molecule has 5 nitrogen and oxygen atoms in total. The Balaban J connectivity index is 1.97. The van der Waals surface area contributed by atoms with Crippen molar-refractivity contribution in [2.24, 2.45) is 0 Å². The molecule has 0 fully saturated rings. The second-order valence-electron chi connectivity index (χ2n) is 2.63. The molecule has 1 N–H and O–H groups in total. The molecule has 0 spiro atoms. The van der Waals surface area contributed by atoms with Crippen molar-refractivity contribution in [3.05, 3.63) is 24.2 Å². The zero-order chi connectivity index (χ0) is 10.2. The van der Waals surface area contributed by atoms with Crippen molar-refractivity contribution in [1.82, 2.24) is 5.48 Å². The molecular formula is C9H13NO4. The van der Waals surface area contributed by atoms with Crippen molar-refractivity contribution < 1.29 is 18.8 Å². The summed E-state index contributed by atoms with van der Waals surface area (Å²) < 4.78 is 9.42. The van der Waals surface area contributed by atoms with E-state index in [1.807, 2.05) is 12.1 Å². The van der Waals surface area contributed by atoms with Gasteiger partial charge in [0.25, 0.3) is 0 Å². The molecule has 0 atom stereocenters. The molecule has 1 rings (SSSR count). The monoisotopic (exact) mass is 199 g/mol. The molecule has 78 valence electrons. The summed E-state index contributed by atoms with van der Waals surface area (Å²) in [6, 6.07) is 3.73. The number of hydrogen-bond donors (Lipinski definition) is 1. The largest absolute Gasteiger partial charge is 0.469 e. The van der Waals surface area contributed by atoms with E-state index in [2.05, 4.69) is 10.2 Å². The number of hydroxylamine groups is 1. The maximum absolute atomic E-state index is 10.5. The number of aryl methyl sites for hydroxylation is 1. The zero-order valence-corrected chi connectivity index (χ0v) is 7.99. The molecule has 0 saturated heterocycles. The van der Waals surface area contributed by atoms with E-state index in [1.54, 1.807) is 6.26 Å². The molecule has 1 aromatic heterocycles. The highest BCUT2D eigenvalue weighted by Gasteiger charge is 1.98. The Morgan fingerprint density at radius 2 is 2.50 bits per heavy atom. The second-order valence-corrected chi connectivity index (χ2v) is 2.63. The standard InChI is InChI=1S/C9H13NO4/c1-12-9(11)10-14-7-3-5-8-4-2-6-13-8/h2,4,6H,3,5,7H2,1H3,(H,10,11). The minimum atomic E-state index is -0.594. The van der Waals surface area contributed by atoms with Gasteiger partial charge in [-0.2, -0.15) is 5.48 Å². The highest BCUT2D eigenvalue weighted by Crippen LogP contribution is 2.02. The van der Waals surface area contributed by atoms with Gasteiger partial charge in [0.2, 0.25) is 0 Å². The molecule has 0 aliphatic heterocycles. The van der Waals surface area contributed by atoms with Crippen molar-refractivity contribution in [1.29, 1.82) is 0 Å². The number of ether oxygens (including phenoxy) is 1. The Kier molecular flexibility index (Phi) is 4.57. The van der Waals surface area contributed by atoms with Gasteiger partial charge in [0.15, 0.2) is 0 Å².